The number of aromatic nitrogens is 6. The van der Waals surface area contributed by atoms with Crippen LogP contribution in [0.25, 0.3) is 22.5 Å². The molecule has 0 unspecified atom stereocenters. The minimum Gasteiger partial charge on any atom is -0.476 e. The van der Waals surface area contributed by atoms with Crippen LogP contribution in [0.1, 0.15) is 46.7 Å². The molecule has 7 rings (SSSR count). The number of anilines is 8. The molecule has 19 nitrogen and oxygen atoms in total. The topological polar surface area (TPSA) is 286 Å². The molecule has 19 heteroatoms. The highest BCUT2D eigenvalue weighted by Crippen LogP contribution is 2.27. The Bertz CT molecular complexity index is 2570. The van der Waals surface area contributed by atoms with Crippen LogP contribution in [0.3, 0.4) is 0 Å². The highest BCUT2D eigenvalue weighted by Gasteiger charge is 2.19. The summed E-state index contributed by atoms with van der Waals surface area (Å²) in [6.07, 6.45) is 11.3. The molecule has 0 radical (unpaired) electrons. The monoisotopic (exact) mass is 824 g/mol. The lowest BCUT2D eigenvalue weighted by molar-refractivity contribution is -0.117. The maximum absolute atomic E-state index is 12.9. The standard InChI is InChI=1S/C21H23N7O3.C21H21N7O2/c1-28(17-7-8-24-11-15(17)22)9-3-6-18(29)26-14-5-2-4-13(10-14)16-12-25-20(23)19(27-16)21(30)31;1-28-9-3-6-18(29)25-14-5-2-4-13(10-14)15-12-24-20(22)19(26-15)21(30)27-16-11-23-8-7-17(16)28/h2,4-5,7-8,10-12H,3,6,9,22H2,1H3,(H2,23,25)(H,26,29)(H,30,31);2,4-5,7-8,10-12H,3,6,9H2,1H3,(H2,22,24)(H,25,29)(H,27,30). The van der Waals surface area contributed by atoms with Gasteiger partial charge in [-0.05, 0) is 49.2 Å². The molecule has 10 N–H and O–H groups in total. The van der Waals surface area contributed by atoms with Crippen molar-refractivity contribution < 1.29 is 24.3 Å². The molecule has 0 atom stereocenters. The van der Waals surface area contributed by atoms with Crippen LogP contribution in [-0.4, -0.2) is 85.9 Å². The molecule has 4 aromatic heterocycles. The van der Waals surface area contributed by atoms with Gasteiger partial charge in [0.25, 0.3) is 5.91 Å². The molecule has 1 aliphatic heterocycles. The van der Waals surface area contributed by atoms with Gasteiger partial charge in [-0.2, -0.15) is 0 Å². The van der Waals surface area contributed by atoms with E-state index in [9.17, 15) is 19.2 Å². The van der Waals surface area contributed by atoms with E-state index in [-0.39, 0.29) is 34.8 Å². The van der Waals surface area contributed by atoms with Crippen molar-refractivity contribution in [2.75, 3.05) is 70.1 Å². The highest BCUT2D eigenvalue weighted by atomic mass is 16.4. The minimum absolute atomic E-state index is 0.0199. The normalized spacial score (nSPS) is 12.5. The number of nitrogens with zero attached hydrogens (tertiary/aromatic N) is 8. The SMILES string of the molecule is CN(CCCC(=O)Nc1cccc(-c2cnc(N)c(C(=O)O)n2)c1)c1ccncc1N.CN1CCCC(=O)Nc2cccc(c2)-c2cnc(N)c(n2)C(=O)Nc2cnccc21. The van der Waals surface area contributed by atoms with Gasteiger partial charge in [-0.3, -0.25) is 24.4 Å². The number of nitrogens with two attached hydrogens (primary N) is 3. The lowest BCUT2D eigenvalue weighted by Gasteiger charge is -2.22. The lowest BCUT2D eigenvalue weighted by Crippen LogP contribution is -2.24. The van der Waals surface area contributed by atoms with Crippen LogP contribution in [0.5, 0.6) is 0 Å². The Morgan fingerprint density at radius 3 is 2.34 bits per heavy atom. The number of nitrogen functional groups attached to an aromatic ring is 3. The summed E-state index contributed by atoms with van der Waals surface area (Å²) >= 11 is 0. The van der Waals surface area contributed by atoms with Crippen molar-refractivity contribution in [2.45, 2.75) is 25.7 Å². The molecule has 6 aromatic rings. The van der Waals surface area contributed by atoms with E-state index in [1.165, 1.54) is 12.4 Å². The van der Waals surface area contributed by atoms with Crippen molar-refractivity contribution >= 4 is 69.5 Å². The minimum atomic E-state index is -1.25. The summed E-state index contributed by atoms with van der Waals surface area (Å²) in [6.45, 7) is 1.28. The zero-order valence-corrected chi connectivity index (χ0v) is 33.4. The van der Waals surface area contributed by atoms with E-state index in [4.69, 9.17) is 22.3 Å². The van der Waals surface area contributed by atoms with Gasteiger partial charge < -0.3 is 48.1 Å². The predicted octanol–water partition coefficient (Wildman–Crippen LogP) is 4.80. The van der Waals surface area contributed by atoms with Crippen LogP contribution in [0.15, 0.2) is 97.8 Å². The molecule has 0 aliphatic carbocycles. The number of amides is 3. The Balaban J connectivity index is 0.000000204. The van der Waals surface area contributed by atoms with E-state index in [1.807, 2.05) is 42.1 Å². The van der Waals surface area contributed by atoms with Crippen LogP contribution >= 0.6 is 0 Å². The summed E-state index contributed by atoms with van der Waals surface area (Å²) in [5.41, 5.74) is 23.2. The van der Waals surface area contributed by atoms with E-state index in [1.54, 1.807) is 67.3 Å². The molecule has 312 valence electrons. The molecule has 0 spiro atoms. The van der Waals surface area contributed by atoms with E-state index in [2.05, 4.69) is 45.9 Å². The van der Waals surface area contributed by atoms with Gasteiger partial charge in [0, 0.05) is 74.9 Å². The number of carbonyl (C=O) groups is 4. The Hall–Kier alpha value is -8.22. The molecule has 61 heavy (non-hydrogen) atoms. The van der Waals surface area contributed by atoms with Gasteiger partial charge in [0.2, 0.25) is 11.8 Å². The number of benzene rings is 2. The largest absolute Gasteiger partial charge is 0.476 e. The van der Waals surface area contributed by atoms with Gasteiger partial charge in [-0.15, -0.1) is 0 Å². The van der Waals surface area contributed by atoms with Gasteiger partial charge in [-0.1, -0.05) is 24.3 Å². The third-order valence-electron chi connectivity index (χ3n) is 9.39. The molecule has 4 bridgehead atoms. The summed E-state index contributed by atoms with van der Waals surface area (Å²) in [5, 5.41) is 17.8. The number of pyridine rings is 2. The predicted molar refractivity (Wildman–Crippen MR) is 234 cm³/mol. The van der Waals surface area contributed by atoms with Crippen LogP contribution in [0, 0.1) is 0 Å². The number of aromatic carboxylic acids is 1. The smallest absolute Gasteiger partial charge is 0.358 e. The van der Waals surface area contributed by atoms with Crippen LogP contribution in [0.2, 0.25) is 0 Å². The first-order valence-corrected chi connectivity index (χ1v) is 19.0. The van der Waals surface area contributed by atoms with Gasteiger partial charge in [0.05, 0.1) is 58.9 Å². The number of carboxylic acid groups (broad SMARTS) is 1. The second-order valence-corrected chi connectivity index (χ2v) is 13.9. The van der Waals surface area contributed by atoms with Crippen LogP contribution in [0.4, 0.5) is 45.8 Å². The van der Waals surface area contributed by atoms with Gasteiger partial charge in [0.15, 0.2) is 23.0 Å². The van der Waals surface area contributed by atoms with Crippen molar-refractivity contribution in [3.8, 4) is 22.5 Å². The van der Waals surface area contributed by atoms with Gasteiger partial charge in [-0.25, -0.2) is 24.7 Å². The second kappa shape index (κ2) is 19.5. The van der Waals surface area contributed by atoms with Crippen molar-refractivity contribution in [1.29, 1.82) is 0 Å². The number of fused-ring (bicyclic) bond motifs is 6. The number of rotatable bonds is 8. The first-order valence-electron chi connectivity index (χ1n) is 19.0. The fraction of sp³-hybridized carbons (Fsp3) is 0.190. The molecule has 1 aliphatic rings. The first kappa shape index (κ1) is 42.4. The van der Waals surface area contributed by atoms with Crippen LogP contribution in [-0.2, 0) is 9.59 Å². The van der Waals surface area contributed by atoms with E-state index >= 15 is 0 Å². The molecular formula is C42H44N14O5. The number of hydrogen-bond acceptors (Lipinski definition) is 15. The summed E-state index contributed by atoms with van der Waals surface area (Å²) in [4.78, 5) is 77.4. The number of hydrogen-bond donors (Lipinski definition) is 7. The quantitative estimate of drug-likeness (QED) is 0.108. The maximum Gasteiger partial charge on any atom is 0.358 e. The summed E-state index contributed by atoms with van der Waals surface area (Å²) < 4.78 is 0. The number of carbonyl (C=O) groups excluding carboxylic acids is 3. The maximum atomic E-state index is 12.9. The molecule has 0 fully saturated rings. The molecule has 3 amide bonds. The van der Waals surface area contributed by atoms with Crippen molar-refractivity contribution in [3.05, 3.63) is 109 Å². The molecule has 0 saturated carbocycles. The van der Waals surface area contributed by atoms with E-state index in [0.29, 0.717) is 84.0 Å². The number of carboxylic acids is 1. The van der Waals surface area contributed by atoms with Crippen molar-refractivity contribution in [2.24, 2.45) is 0 Å². The zero-order chi connectivity index (χ0) is 43.5. The summed E-state index contributed by atoms with van der Waals surface area (Å²) in [6, 6.07) is 17.8. The van der Waals surface area contributed by atoms with E-state index < -0.39 is 11.9 Å². The fourth-order valence-corrected chi connectivity index (χ4v) is 6.30. The average Bonchev–Trinajstić information content (AvgIpc) is 3.24. The van der Waals surface area contributed by atoms with E-state index in [0.717, 1.165) is 11.4 Å². The van der Waals surface area contributed by atoms with Crippen LogP contribution < -0.4 is 43.0 Å². The van der Waals surface area contributed by atoms with Crippen molar-refractivity contribution in [1.82, 2.24) is 29.9 Å². The Labute approximate surface area is 350 Å². The van der Waals surface area contributed by atoms with Crippen molar-refractivity contribution in [3.63, 3.8) is 0 Å². The second-order valence-electron chi connectivity index (χ2n) is 13.9. The number of nitrogens with one attached hydrogen (secondary N) is 3. The summed E-state index contributed by atoms with van der Waals surface area (Å²) in [5.74, 6) is -2.06. The third-order valence-corrected chi connectivity index (χ3v) is 9.39. The van der Waals surface area contributed by atoms with Gasteiger partial charge >= 0.3 is 5.97 Å². The molecule has 2 aromatic carbocycles. The van der Waals surface area contributed by atoms with Gasteiger partial charge in [0.1, 0.15) is 0 Å². The molecular weight excluding hydrogens is 781 g/mol. The zero-order valence-electron chi connectivity index (χ0n) is 33.4. The summed E-state index contributed by atoms with van der Waals surface area (Å²) in [7, 11) is 3.80. The Morgan fingerprint density at radius 1 is 0.869 bits per heavy atom. The fourth-order valence-electron chi connectivity index (χ4n) is 6.30. The lowest BCUT2D eigenvalue weighted by atomic mass is 10.1. The third kappa shape index (κ3) is 11.0. The first-order chi connectivity index (χ1) is 29.4. The Morgan fingerprint density at radius 2 is 1.57 bits per heavy atom. The molecule has 5 heterocycles. The Kier molecular flexibility index (Phi) is 13.5. The average molecular weight is 825 g/mol. The molecule has 0 saturated heterocycles. The highest BCUT2D eigenvalue weighted by molar-refractivity contribution is 6.07.